The molecule has 0 amide bonds. The molecule has 1 N–H and O–H groups in total. The van der Waals surface area contributed by atoms with Crippen molar-refractivity contribution in [1.82, 2.24) is 9.78 Å². The topological polar surface area (TPSA) is 75.4 Å². The molecule has 4 aromatic carbocycles. The van der Waals surface area contributed by atoms with Crippen molar-refractivity contribution in [3.8, 4) is 22.9 Å². The summed E-state index contributed by atoms with van der Waals surface area (Å²) in [5.41, 5.74) is 6.94. The van der Waals surface area contributed by atoms with Gasteiger partial charge in [-0.1, -0.05) is 60.7 Å². The Bertz CT molecular complexity index is 1760. The molecular formula is C33H29N5O3. The van der Waals surface area contributed by atoms with Gasteiger partial charge in [-0.15, -0.1) is 0 Å². The molecule has 5 aromatic rings. The lowest BCUT2D eigenvalue weighted by molar-refractivity contribution is 0.339. The van der Waals surface area contributed by atoms with Gasteiger partial charge in [-0.25, -0.2) is 4.68 Å². The summed E-state index contributed by atoms with van der Waals surface area (Å²) in [6.45, 7) is 2.67. The Morgan fingerprint density at radius 1 is 0.805 bits per heavy atom. The van der Waals surface area contributed by atoms with Crippen molar-refractivity contribution in [3.05, 3.63) is 119 Å². The van der Waals surface area contributed by atoms with Gasteiger partial charge in [0.25, 0.3) is 0 Å². The Morgan fingerprint density at radius 3 is 2.07 bits per heavy atom. The number of methoxy groups -OCH3 is 2. The molecule has 0 saturated carbocycles. The van der Waals surface area contributed by atoms with Gasteiger partial charge in [0, 0.05) is 5.56 Å². The number of guanidine groups is 1. The number of ether oxygens (including phenoxy) is 2. The summed E-state index contributed by atoms with van der Waals surface area (Å²) in [7, 11) is 3.09. The molecule has 3 heterocycles. The predicted molar refractivity (Wildman–Crippen MR) is 160 cm³/mol. The number of fused-ring (bicyclic) bond motifs is 4. The highest BCUT2D eigenvalue weighted by Crippen LogP contribution is 2.52. The predicted octanol–water partition coefficient (Wildman–Crippen LogP) is 6.52. The highest BCUT2D eigenvalue weighted by molar-refractivity contribution is 6.18. The van der Waals surface area contributed by atoms with Gasteiger partial charge in [0.15, 0.2) is 17.3 Å². The van der Waals surface area contributed by atoms with E-state index in [1.165, 1.54) is 5.56 Å². The number of benzene rings is 4. The first-order valence-corrected chi connectivity index (χ1v) is 13.5. The second-order valence-corrected chi connectivity index (χ2v) is 10.1. The smallest absolute Gasteiger partial charge is 0.213 e. The van der Waals surface area contributed by atoms with Crippen molar-refractivity contribution >= 4 is 23.2 Å². The zero-order valence-corrected chi connectivity index (χ0v) is 23.0. The van der Waals surface area contributed by atoms with Crippen LogP contribution in [0.1, 0.15) is 28.4 Å². The van der Waals surface area contributed by atoms with Crippen LogP contribution in [0.25, 0.3) is 5.69 Å². The summed E-state index contributed by atoms with van der Waals surface area (Å²) in [6.07, 6.45) is 0. The number of anilines is 2. The van der Waals surface area contributed by atoms with E-state index in [4.69, 9.17) is 19.6 Å². The molecule has 0 aliphatic carbocycles. The van der Waals surface area contributed by atoms with Gasteiger partial charge in [-0.3, -0.25) is 4.90 Å². The summed E-state index contributed by atoms with van der Waals surface area (Å²) >= 11 is 0. The molecule has 41 heavy (non-hydrogen) atoms. The first kappa shape index (κ1) is 24.8. The molecule has 1 unspecified atom stereocenters. The number of aromatic nitrogens is 2. The summed E-state index contributed by atoms with van der Waals surface area (Å²) in [5.74, 6) is 2.21. The molecule has 8 nitrogen and oxygen atoms in total. The van der Waals surface area contributed by atoms with E-state index in [9.17, 15) is 5.11 Å². The molecule has 8 heteroatoms. The quantitative estimate of drug-likeness (QED) is 0.263. The maximum absolute atomic E-state index is 10.8. The molecule has 1 aromatic heterocycles. The molecule has 2 aliphatic heterocycles. The van der Waals surface area contributed by atoms with Crippen molar-refractivity contribution in [3.63, 3.8) is 0 Å². The van der Waals surface area contributed by atoms with Gasteiger partial charge < -0.3 is 19.5 Å². The van der Waals surface area contributed by atoms with Crippen LogP contribution in [0.4, 0.5) is 17.2 Å². The lowest BCUT2D eigenvalue weighted by Gasteiger charge is -2.35. The largest absolute Gasteiger partial charge is 0.502 e. The lowest BCUT2D eigenvalue weighted by Crippen LogP contribution is -2.42. The first-order chi connectivity index (χ1) is 20.1. The maximum atomic E-state index is 10.8. The lowest BCUT2D eigenvalue weighted by atomic mass is 9.94. The van der Waals surface area contributed by atoms with E-state index >= 15 is 0 Å². The van der Waals surface area contributed by atoms with Gasteiger partial charge in [-0.05, 0) is 54.4 Å². The van der Waals surface area contributed by atoms with E-state index in [0.29, 0.717) is 18.0 Å². The molecule has 7 rings (SSSR count). The fourth-order valence-electron chi connectivity index (χ4n) is 5.85. The number of aromatic hydroxyl groups is 1. The standard InChI is InChI=1S/C33H29N5O3/c1-21-29-30(23-18-27(40-2)31(39)28(19-23)41-3)37-26-17-11-10-16-25(26)36(20-22-12-6-4-7-13-22)33(37)34-32(29)38(35-21)24-14-8-5-9-15-24/h4-19,30,39H,20H2,1-3H3. The number of nitrogens with zero attached hydrogens (tertiary/aromatic N) is 5. The fourth-order valence-corrected chi connectivity index (χ4v) is 5.85. The molecule has 204 valence electrons. The number of hydrogen-bond donors (Lipinski definition) is 1. The van der Waals surface area contributed by atoms with E-state index in [2.05, 4.69) is 52.3 Å². The third-order valence-electron chi connectivity index (χ3n) is 7.71. The average molecular weight is 544 g/mol. The Kier molecular flexibility index (Phi) is 5.89. The van der Waals surface area contributed by atoms with Crippen molar-refractivity contribution in [1.29, 1.82) is 0 Å². The highest BCUT2D eigenvalue weighted by atomic mass is 16.5. The number of rotatable bonds is 6. The second-order valence-electron chi connectivity index (χ2n) is 10.1. The molecular weight excluding hydrogens is 514 g/mol. The SMILES string of the molecule is COc1cc(C2c3c(C)nn(-c4ccccc4)c3N=C3N(Cc4ccccc4)c4ccccc4N32)cc(OC)c1O. The Hall–Kier alpha value is -5.24. The monoisotopic (exact) mass is 543 g/mol. The molecule has 0 spiro atoms. The summed E-state index contributed by atoms with van der Waals surface area (Å²) in [5, 5.41) is 15.7. The van der Waals surface area contributed by atoms with Gasteiger partial charge in [0.05, 0.1) is 49.6 Å². The second kappa shape index (κ2) is 9.75. The van der Waals surface area contributed by atoms with E-state index in [1.54, 1.807) is 14.2 Å². The van der Waals surface area contributed by atoms with Crippen LogP contribution in [0.3, 0.4) is 0 Å². The number of phenols is 1. The van der Waals surface area contributed by atoms with E-state index in [1.807, 2.05) is 66.2 Å². The van der Waals surface area contributed by atoms with Crippen LogP contribution in [0, 0.1) is 6.92 Å². The number of aryl methyl sites for hydroxylation is 1. The molecule has 2 aliphatic rings. The molecule has 0 bridgehead atoms. The molecule has 0 fully saturated rings. The first-order valence-electron chi connectivity index (χ1n) is 13.5. The third-order valence-corrected chi connectivity index (χ3v) is 7.71. The Morgan fingerprint density at radius 2 is 1.41 bits per heavy atom. The van der Waals surface area contributed by atoms with E-state index in [0.717, 1.165) is 45.7 Å². The average Bonchev–Trinajstić information content (AvgIpc) is 3.51. The van der Waals surface area contributed by atoms with Gasteiger partial charge >= 0.3 is 0 Å². The molecule has 0 radical (unpaired) electrons. The van der Waals surface area contributed by atoms with Crippen molar-refractivity contribution in [2.24, 2.45) is 4.99 Å². The zero-order chi connectivity index (χ0) is 28.1. The minimum Gasteiger partial charge on any atom is -0.502 e. The highest BCUT2D eigenvalue weighted by Gasteiger charge is 2.45. The zero-order valence-electron chi connectivity index (χ0n) is 23.0. The van der Waals surface area contributed by atoms with Crippen LogP contribution >= 0.6 is 0 Å². The van der Waals surface area contributed by atoms with Crippen molar-refractivity contribution in [2.45, 2.75) is 19.5 Å². The minimum atomic E-state index is -0.319. The van der Waals surface area contributed by atoms with E-state index < -0.39 is 0 Å². The van der Waals surface area contributed by atoms with Crippen LogP contribution in [-0.2, 0) is 6.54 Å². The van der Waals surface area contributed by atoms with Crippen LogP contribution in [0.2, 0.25) is 0 Å². The minimum absolute atomic E-state index is 0.0343. The number of hydrogen-bond acceptors (Lipinski definition) is 7. The van der Waals surface area contributed by atoms with Gasteiger partial charge in [0.2, 0.25) is 11.7 Å². The van der Waals surface area contributed by atoms with Crippen LogP contribution in [0.5, 0.6) is 17.2 Å². The van der Waals surface area contributed by atoms with Crippen LogP contribution in [0.15, 0.2) is 102 Å². The van der Waals surface area contributed by atoms with Crippen molar-refractivity contribution in [2.75, 3.05) is 24.0 Å². The van der Waals surface area contributed by atoms with Crippen LogP contribution < -0.4 is 19.3 Å². The molecule has 0 saturated heterocycles. The maximum Gasteiger partial charge on any atom is 0.213 e. The Labute approximate surface area is 238 Å². The number of para-hydroxylation sites is 3. The normalized spacial score (nSPS) is 15.2. The molecule has 1 atom stereocenters. The summed E-state index contributed by atoms with van der Waals surface area (Å²) in [4.78, 5) is 9.85. The number of aliphatic imine (C=N–C) groups is 1. The van der Waals surface area contributed by atoms with Crippen molar-refractivity contribution < 1.29 is 14.6 Å². The Balaban J connectivity index is 1.51. The summed E-state index contributed by atoms with van der Waals surface area (Å²) in [6, 6.07) is 32.3. The van der Waals surface area contributed by atoms with Crippen LogP contribution in [-0.4, -0.2) is 35.1 Å². The van der Waals surface area contributed by atoms with Gasteiger partial charge in [-0.2, -0.15) is 10.1 Å². The summed E-state index contributed by atoms with van der Waals surface area (Å²) < 4.78 is 13.1. The van der Waals surface area contributed by atoms with Gasteiger partial charge in [0.1, 0.15) is 0 Å². The fraction of sp³-hybridized carbons (Fsp3) is 0.152. The number of phenolic OH excluding ortho intramolecular Hbond substituents is 1. The van der Waals surface area contributed by atoms with E-state index in [-0.39, 0.29) is 11.8 Å². The third kappa shape index (κ3) is 3.90.